The third kappa shape index (κ3) is 2.00. The fourth-order valence-electron chi connectivity index (χ4n) is 1.89. The van der Waals surface area contributed by atoms with Crippen molar-refractivity contribution < 1.29 is 14.6 Å². The summed E-state index contributed by atoms with van der Waals surface area (Å²) in [6, 6.07) is 5.80. The molecule has 1 aliphatic rings. The Hall–Kier alpha value is -1.22. The van der Waals surface area contributed by atoms with Crippen LogP contribution in [0.1, 0.15) is 25.3 Å². The van der Waals surface area contributed by atoms with Gasteiger partial charge in [0.25, 0.3) is 0 Å². The Labute approximate surface area is 96.0 Å². The van der Waals surface area contributed by atoms with Gasteiger partial charge in [0.15, 0.2) is 11.5 Å². The van der Waals surface area contributed by atoms with Gasteiger partial charge in [-0.25, -0.2) is 0 Å². The Morgan fingerprint density at radius 3 is 2.62 bits per heavy atom. The normalized spacial score (nSPS) is 28.4. The van der Waals surface area contributed by atoms with Crippen molar-refractivity contribution in [2.24, 2.45) is 0 Å². The van der Waals surface area contributed by atoms with Crippen LogP contribution in [0, 0.1) is 6.92 Å². The monoisotopic (exact) mass is 222 g/mol. The molecule has 0 amide bonds. The lowest BCUT2D eigenvalue weighted by Gasteiger charge is -2.42. The molecule has 3 nitrogen and oxygen atoms in total. The molecule has 1 aromatic carbocycles. The first-order valence-electron chi connectivity index (χ1n) is 5.56. The van der Waals surface area contributed by atoms with Crippen LogP contribution >= 0.6 is 0 Å². The van der Waals surface area contributed by atoms with Gasteiger partial charge in [-0.1, -0.05) is 6.07 Å². The van der Waals surface area contributed by atoms with E-state index in [-0.39, 0.29) is 6.10 Å². The second-order valence-electron chi connectivity index (χ2n) is 4.66. The second-order valence-corrected chi connectivity index (χ2v) is 4.66. The summed E-state index contributed by atoms with van der Waals surface area (Å²) < 4.78 is 11.0. The van der Waals surface area contributed by atoms with Crippen molar-refractivity contribution in [2.75, 3.05) is 7.11 Å². The van der Waals surface area contributed by atoms with Crippen LogP contribution in [0.3, 0.4) is 0 Å². The number of ether oxygens (including phenoxy) is 2. The lowest BCUT2D eigenvalue weighted by molar-refractivity contribution is -0.118. The third-order valence-corrected chi connectivity index (χ3v) is 3.19. The topological polar surface area (TPSA) is 38.7 Å². The van der Waals surface area contributed by atoms with Gasteiger partial charge in [0.05, 0.1) is 12.7 Å². The average Bonchev–Trinajstić information content (AvgIpc) is 2.25. The van der Waals surface area contributed by atoms with Crippen molar-refractivity contribution in [3.05, 3.63) is 23.8 Å². The fourth-order valence-corrected chi connectivity index (χ4v) is 1.89. The van der Waals surface area contributed by atoms with Crippen LogP contribution in [0.5, 0.6) is 11.5 Å². The molecule has 1 fully saturated rings. The summed E-state index contributed by atoms with van der Waals surface area (Å²) in [7, 11) is 1.63. The molecule has 0 heterocycles. The molecule has 1 saturated carbocycles. The molecule has 0 unspecified atom stereocenters. The number of hydrogen-bond donors (Lipinski definition) is 1. The van der Waals surface area contributed by atoms with E-state index in [4.69, 9.17) is 9.47 Å². The minimum atomic E-state index is -0.699. The first kappa shape index (κ1) is 11.3. The van der Waals surface area contributed by atoms with Gasteiger partial charge in [0.1, 0.15) is 6.10 Å². The highest BCUT2D eigenvalue weighted by Crippen LogP contribution is 2.38. The van der Waals surface area contributed by atoms with Gasteiger partial charge >= 0.3 is 0 Å². The highest BCUT2D eigenvalue weighted by Gasteiger charge is 2.43. The molecule has 88 valence electrons. The van der Waals surface area contributed by atoms with Gasteiger partial charge in [-0.3, -0.25) is 0 Å². The van der Waals surface area contributed by atoms with Crippen LogP contribution in [0.25, 0.3) is 0 Å². The van der Waals surface area contributed by atoms with E-state index in [1.54, 1.807) is 7.11 Å². The van der Waals surface area contributed by atoms with E-state index in [2.05, 4.69) is 0 Å². The quantitative estimate of drug-likeness (QED) is 0.852. The molecular formula is C13H18O3. The molecule has 16 heavy (non-hydrogen) atoms. The van der Waals surface area contributed by atoms with Gasteiger partial charge < -0.3 is 14.6 Å². The average molecular weight is 222 g/mol. The molecule has 0 aromatic heterocycles. The Kier molecular flexibility index (Phi) is 2.80. The predicted molar refractivity (Wildman–Crippen MR) is 62.0 cm³/mol. The number of aliphatic hydroxyl groups is 1. The van der Waals surface area contributed by atoms with E-state index in [0.717, 1.165) is 24.2 Å². The second kappa shape index (κ2) is 3.98. The van der Waals surface area contributed by atoms with Gasteiger partial charge in [0.2, 0.25) is 0 Å². The van der Waals surface area contributed by atoms with E-state index in [1.165, 1.54) is 0 Å². The minimum absolute atomic E-state index is 0.121. The van der Waals surface area contributed by atoms with Crippen molar-refractivity contribution in [2.45, 2.75) is 38.4 Å². The zero-order chi connectivity index (χ0) is 11.8. The molecule has 3 heteroatoms. The van der Waals surface area contributed by atoms with E-state index < -0.39 is 5.60 Å². The Balaban J connectivity index is 2.15. The Morgan fingerprint density at radius 2 is 2.12 bits per heavy atom. The predicted octanol–water partition coefficient (Wildman–Crippen LogP) is 2.30. The smallest absolute Gasteiger partial charge is 0.161 e. The number of benzene rings is 1. The maximum atomic E-state index is 9.89. The van der Waals surface area contributed by atoms with Crippen LogP contribution < -0.4 is 9.47 Å². The summed E-state index contributed by atoms with van der Waals surface area (Å²) in [4.78, 5) is 0. The van der Waals surface area contributed by atoms with Crippen LogP contribution in [0.2, 0.25) is 0 Å². The standard InChI is InChI=1S/C13H18O3/c1-9-4-5-10(11(8-9)15-3)16-12-6-7-13(12,2)14/h4-5,8,12,14H,6-7H2,1-3H3/t12-,13-/m0/s1. The molecule has 0 bridgehead atoms. The van der Waals surface area contributed by atoms with E-state index in [1.807, 2.05) is 32.0 Å². The molecule has 2 atom stereocenters. The molecule has 0 radical (unpaired) electrons. The van der Waals surface area contributed by atoms with Gasteiger partial charge in [0, 0.05) is 0 Å². The first-order chi connectivity index (χ1) is 7.53. The zero-order valence-electron chi connectivity index (χ0n) is 9.99. The lowest BCUT2D eigenvalue weighted by Crippen LogP contribution is -2.52. The summed E-state index contributed by atoms with van der Waals surface area (Å²) in [5.74, 6) is 1.43. The summed E-state index contributed by atoms with van der Waals surface area (Å²) in [6.07, 6.45) is 1.57. The van der Waals surface area contributed by atoms with Crippen LogP contribution in [-0.4, -0.2) is 23.9 Å². The number of methoxy groups -OCH3 is 1. The Morgan fingerprint density at radius 1 is 1.38 bits per heavy atom. The molecule has 2 rings (SSSR count). The third-order valence-electron chi connectivity index (χ3n) is 3.19. The molecule has 0 spiro atoms. The molecule has 1 aliphatic carbocycles. The number of aryl methyl sites for hydroxylation is 1. The number of hydrogen-bond acceptors (Lipinski definition) is 3. The van der Waals surface area contributed by atoms with E-state index in [0.29, 0.717) is 5.75 Å². The summed E-state index contributed by atoms with van der Waals surface area (Å²) in [6.45, 7) is 3.81. The maximum Gasteiger partial charge on any atom is 0.161 e. The lowest BCUT2D eigenvalue weighted by atomic mass is 9.78. The number of rotatable bonds is 3. The minimum Gasteiger partial charge on any atom is -0.493 e. The highest BCUT2D eigenvalue weighted by atomic mass is 16.5. The van der Waals surface area contributed by atoms with E-state index in [9.17, 15) is 5.11 Å². The van der Waals surface area contributed by atoms with Crippen molar-refractivity contribution >= 4 is 0 Å². The zero-order valence-corrected chi connectivity index (χ0v) is 9.99. The summed E-state index contributed by atoms with van der Waals surface area (Å²) in [5.41, 5.74) is 0.431. The van der Waals surface area contributed by atoms with Gasteiger partial charge in [-0.15, -0.1) is 0 Å². The van der Waals surface area contributed by atoms with Crippen molar-refractivity contribution in [3.8, 4) is 11.5 Å². The van der Waals surface area contributed by atoms with Crippen molar-refractivity contribution in [1.82, 2.24) is 0 Å². The summed E-state index contributed by atoms with van der Waals surface area (Å²) >= 11 is 0. The van der Waals surface area contributed by atoms with Crippen molar-refractivity contribution in [1.29, 1.82) is 0 Å². The molecule has 0 aliphatic heterocycles. The van der Waals surface area contributed by atoms with Gasteiger partial charge in [-0.2, -0.15) is 0 Å². The summed E-state index contributed by atoms with van der Waals surface area (Å²) in [5, 5.41) is 9.89. The van der Waals surface area contributed by atoms with Crippen LogP contribution in [0.4, 0.5) is 0 Å². The molecule has 0 saturated heterocycles. The molecule has 1 N–H and O–H groups in total. The Bertz CT molecular complexity index is 385. The SMILES string of the molecule is COc1cc(C)ccc1O[C@H]1CC[C@]1(C)O. The van der Waals surface area contributed by atoms with Crippen molar-refractivity contribution in [3.63, 3.8) is 0 Å². The maximum absolute atomic E-state index is 9.89. The van der Waals surface area contributed by atoms with Crippen LogP contribution in [-0.2, 0) is 0 Å². The first-order valence-corrected chi connectivity index (χ1v) is 5.56. The fraction of sp³-hybridized carbons (Fsp3) is 0.538. The largest absolute Gasteiger partial charge is 0.493 e. The highest BCUT2D eigenvalue weighted by molar-refractivity contribution is 5.42. The molecular weight excluding hydrogens is 204 g/mol. The van der Waals surface area contributed by atoms with E-state index >= 15 is 0 Å². The van der Waals surface area contributed by atoms with Crippen LogP contribution in [0.15, 0.2) is 18.2 Å². The molecule has 1 aromatic rings. The van der Waals surface area contributed by atoms with Gasteiger partial charge in [-0.05, 0) is 44.4 Å².